The van der Waals surface area contributed by atoms with Gasteiger partial charge >= 0.3 is 0 Å². The molecule has 1 heterocycles. The van der Waals surface area contributed by atoms with E-state index in [4.69, 9.17) is 0 Å². The Morgan fingerprint density at radius 2 is 1.95 bits per heavy atom. The summed E-state index contributed by atoms with van der Waals surface area (Å²) in [5.74, 6) is 0.969. The molecule has 0 bridgehead atoms. The highest BCUT2D eigenvalue weighted by Gasteiger charge is 2.24. The first kappa shape index (κ1) is 16.9. The van der Waals surface area contributed by atoms with Crippen LogP contribution in [0.5, 0.6) is 0 Å². The first-order chi connectivity index (χ1) is 8.92. The highest BCUT2D eigenvalue weighted by Crippen LogP contribution is 2.19. The Bertz CT molecular complexity index is 341. The van der Waals surface area contributed by atoms with Crippen LogP contribution in [0.25, 0.3) is 0 Å². The van der Waals surface area contributed by atoms with E-state index in [0.717, 1.165) is 45.2 Å². The maximum atomic E-state index is 12.2. The molecule has 5 heteroatoms. The van der Waals surface area contributed by atoms with Crippen molar-refractivity contribution < 1.29 is 8.42 Å². The second-order valence-electron chi connectivity index (χ2n) is 6.07. The molecule has 0 spiro atoms. The quantitative estimate of drug-likeness (QED) is 0.731. The third kappa shape index (κ3) is 6.72. The summed E-state index contributed by atoms with van der Waals surface area (Å²) in [6.45, 7) is 8.77. The topological polar surface area (TPSA) is 49.4 Å². The van der Waals surface area contributed by atoms with Crippen molar-refractivity contribution in [1.29, 1.82) is 0 Å². The fraction of sp³-hybridized carbons (Fsp3) is 1.00. The van der Waals surface area contributed by atoms with Crippen molar-refractivity contribution in [3.05, 3.63) is 0 Å². The first-order valence-electron chi connectivity index (χ1n) is 7.63. The monoisotopic (exact) mass is 290 g/mol. The maximum absolute atomic E-state index is 12.2. The molecule has 114 valence electrons. The zero-order valence-electron chi connectivity index (χ0n) is 12.7. The Morgan fingerprint density at radius 1 is 1.21 bits per heavy atom. The van der Waals surface area contributed by atoms with Gasteiger partial charge in [-0.2, -0.15) is 0 Å². The lowest BCUT2D eigenvalue weighted by Crippen LogP contribution is -2.34. The SMILES string of the molecule is CC1CCCN(S(=O)(=O)CCCCNC(C)C)CC1. The minimum absolute atomic E-state index is 0.307. The average Bonchev–Trinajstić information content (AvgIpc) is 2.53. The van der Waals surface area contributed by atoms with Crippen molar-refractivity contribution in [1.82, 2.24) is 9.62 Å². The zero-order chi connectivity index (χ0) is 14.3. The Kier molecular flexibility index (Phi) is 7.32. The van der Waals surface area contributed by atoms with Crippen molar-refractivity contribution in [3.63, 3.8) is 0 Å². The Hall–Kier alpha value is -0.130. The molecule has 1 saturated heterocycles. The second-order valence-corrected chi connectivity index (χ2v) is 8.16. The van der Waals surface area contributed by atoms with Gasteiger partial charge in [0.15, 0.2) is 0 Å². The maximum Gasteiger partial charge on any atom is 0.214 e. The van der Waals surface area contributed by atoms with Gasteiger partial charge in [-0.3, -0.25) is 0 Å². The summed E-state index contributed by atoms with van der Waals surface area (Å²) in [5, 5.41) is 3.32. The molecular weight excluding hydrogens is 260 g/mol. The summed E-state index contributed by atoms with van der Waals surface area (Å²) < 4.78 is 26.2. The molecule has 1 unspecified atom stereocenters. The van der Waals surface area contributed by atoms with Crippen molar-refractivity contribution in [2.75, 3.05) is 25.4 Å². The zero-order valence-corrected chi connectivity index (χ0v) is 13.5. The van der Waals surface area contributed by atoms with Gasteiger partial charge in [0.1, 0.15) is 0 Å². The number of unbranched alkanes of at least 4 members (excludes halogenated alkanes) is 1. The van der Waals surface area contributed by atoms with Gasteiger partial charge in [-0.1, -0.05) is 20.8 Å². The fourth-order valence-corrected chi connectivity index (χ4v) is 4.06. The highest BCUT2D eigenvalue weighted by molar-refractivity contribution is 7.89. The van der Waals surface area contributed by atoms with Gasteiger partial charge in [0.2, 0.25) is 10.0 Å². The van der Waals surface area contributed by atoms with Crippen LogP contribution in [-0.4, -0.2) is 44.2 Å². The molecule has 0 aromatic carbocycles. The van der Waals surface area contributed by atoms with Gasteiger partial charge in [-0.25, -0.2) is 12.7 Å². The van der Waals surface area contributed by atoms with Crippen LogP contribution < -0.4 is 5.32 Å². The minimum Gasteiger partial charge on any atom is -0.315 e. The average molecular weight is 290 g/mol. The Morgan fingerprint density at radius 3 is 2.63 bits per heavy atom. The van der Waals surface area contributed by atoms with Gasteiger partial charge in [-0.15, -0.1) is 0 Å². The van der Waals surface area contributed by atoms with E-state index in [1.165, 1.54) is 0 Å². The summed E-state index contributed by atoms with van der Waals surface area (Å²) in [5.41, 5.74) is 0. The molecule has 0 amide bonds. The van der Waals surface area contributed by atoms with Crippen LogP contribution in [0.15, 0.2) is 0 Å². The lowest BCUT2D eigenvalue weighted by molar-refractivity contribution is 0.415. The predicted octanol–water partition coefficient (Wildman–Crippen LogP) is 2.22. The molecule has 1 rings (SSSR count). The summed E-state index contributed by atoms with van der Waals surface area (Å²) in [6.07, 6.45) is 4.86. The van der Waals surface area contributed by atoms with E-state index in [2.05, 4.69) is 26.1 Å². The largest absolute Gasteiger partial charge is 0.315 e. The molecule has 0 radical (unpaired) electrons. The van der Waals surface area contributed by atoms with E-state index in [-0.39, 0.29) is 0 Å². The van der Waals surface area contributed by atoms with E-state index in [1.54, 1.807) is 4.31 Å². The molecule has 4 nitrogen and oxygen atoms in total. The fourth-order valence-electron chi connectivity index (χ4n) is 2.44. The molecule has 0 saturated carbocycles. The van der Waals surface area contributed by atoms with Gasteiger partial charge in [-0.05, 0) is 44.6 Å². The predicted molar refractivity (Wildman–Crippen MR) is 80.7 cm³/mol. The van der Waals surface area contributed by atoms with Crippen LogP contribution in [0.3, 0.4) is 0 Å². The van der Waals surface area contributed by atoms with E-state index >= 15 is 0 Å². The van der Waals surface area contributed by atoms with Crippen LogP contribution >= 0.6 is 0 Å². The molecule has 1 N–H and O–H groups in total. The number of hydrogen-bond donors (Lipinski definition) is 1. The number of hydrogen-bond acceptors (Lipinski definition) is 3. The second kappa shape index (κ2) is 8.22. The lowest BCUT2D eigenvalue weighted by Gasteiger charge is -2.20. The van der Waals surface area contributed by atoms with E-state index in [1.807, 2.05) is 0 Å². The third-order valence-electron chi connectivity index (χ3n) is 3.75. The molecule has 1 aliphatic heterocycles. The van der Waals surface area contributed by atoms with Crippen LogP contribution in [0, 0.1) is 5.92 Å². The third-order valence-corrected chi connectivity index (χ3v) is 5.71. The Balaban J connectivity index is 2.30. The molecule has 1 atom stereocenters. The van der Waals surface area contributed by atoms with E-state index in [0.29, 0.717) is 24.3 Å². The molecule has 1 aliphatic rings. The molecular formula is C14H30N2O2S. The van der Waals surface area contributed by atoms with Crippen LogP contribution in [-0.2, 0) is 10.0 Å². The standard InChI is InChI=1S/C14H30N2O2S/c1-13(2)15-9-4-5-12-19(17,18)16-10-6-7-14(3)8-11-16/h13-15H,4-12H2,1-3H3. The van der Waals surface area contributed by atoms with Crippen molar-refractivity contribution in [2.45, 2.75) is 58.9 Å². The highest BCUT2D eigenvalue weighted by atomic mass is 32.2. The number of nitrogens with zero attached hydrogens (tertiary/aromatic N) is 1. The lowest BCUT2D eigenvalue weighted by atomic mass is 10.0. The smallest absolute Gasteiger partial charge is 0.214 e. The summed E-state index contributed by atoms with van der Waals surface area (Å²) in [4.78, 5) is 0. The van der Waals surface area contributed by atoms with Crippen molar-refractivity contribution in [3.8, 4) is 0 Å². The normalized spacial score (nSPS) is 22.6. The number of sulfonamides is 1. The van der Waals surface area contributed by atoms with Gasteiger partial charge in [0, 0.05) is 19.1 Å². The van der Waals surface area contributed by atoms with Crippen LogP contribution in [0.4, 0.5) is 0 Å². The van der Waals surface area contributed by atoms with Crippen molar-refractivity contribution in [2.24, 2.45) is 5.92 Å². The van der Waals surface area contributed by atoms with Crippen molar-refractivity contribution >= 4 is 10.0 Å². The minimum atomic E-state index is -3.03. The van der Waals surface area contributed by atoms with E-state index in [9.17, 15) is 8.42 Å². The molecule has 0 aromatic heterocycles. The van der Waals surface area contributed by atoms with Crippen LogP contribution in [0.1, 0.15) is 52.9 Å². The summed E-state index contributed by atoms with van der Waals surface area (Å²) in [6, 6.07) is 0.476. The Labute approximate surface area is 119 Å². The molecule has 1 fully saturated rings. The number of rotatable bonds is 7. The molecule has 19 heavy (non-hydrogen) atoms. The number of nitrogens with one attached hydrogen (secondary N) is 1. The molecule has 0 aliphatic carbocycles. The summed E-state index contributed by atoms with van der Waals surface area (Å²) in [7, 11) is -3.03. The van der Waals surface area contributed by atoms with Gasteiger partial charge < -0.3 is 5.32 Å². The first-order valence-corrected chi connectivity index (χ1v) is 9.24. The molecule has 0 aromatic rings. The van der Waals surface area contributed by atoms with E-state index < -0.39 is 10.0 Å². The van der Waals surface area contributed by atoms with Crippen LogP contribution in [0.2, 0.25) is 0 Å². The van der Waals surface area contributed by atoms with Gasteiger partial charge in [0.25, 0.3) is 0 Å². The van der Waals surface area contributed by atoms with Gasteiger partial charge in [0.05, 0.1) is 5.75 Å². The summed E-state index contributed by atoms with van der Waals surface area (Å²) >= 11 is 0.